The van der Waals surface area contributed by atoms with E-state index in [0.29, 0.717) is 5.92 Å². The maximum Gasteiger partial charge on any atom is 0.172 e. The van der Waals surface area contributed by atoms with Crippen molar-refractivity contribution in [2.45, 2.75) is 47.0 Å². The zero-order chi connectivity index (χ0) is 13.3. The van der Waals surface area contributed by atoms with Crippen LogP contribution >= 0.6 is 0 Å². The van der Waals surface area contributed by atoms with Crippen LogP contribution in [-0.2, 0) is 6.42 Å². The Hall–Kier alpha value is -1.64. The molecule has 0 saturated carbocycles. The van der Waals surface area contributed by atoms with Gasteiger partial charge in [0.1, 0.15) is 0 Å². The molecule has 0 saturated heterocycles. The average molecular weight is 244 g/mol. The third-order valence-electron chi connectivity index (χ3n) is 3.18. The van der Waals surface area contributed by atoms with Crippen LogP contribution in [0.25, 0.3) is 11.3 Å². The van der Waals surface area contributed by atoms with Crippen molar-refractivity contribution in [3.05, 3.63) is 34.8 Å². The van der Waals surface area contributed by atoms with Crippen LogP contribution in [0.3, 0.4) is 0 Å². The van der Waals surface area contributed by atoms with Gasteiger partial charge in [-0.15, -0.1) is 0 Å². The van der Waals surface area contributed by atoms with E-state index in [4.69, 9.17) is 4.52 Å². The molecule has 0 bridgehead atoms. The highest BCUT2D eigenvalue weighted by atomic mass is 16.5. The minimum Gasteiger partial charge on any atom is -0.356 e. The summed E-state index contributed by atoms with van der Waals surface area (Å²) in [6.07, 6.45) is 0.897. The van der Waals surface area contributed by atoms with Gasteiger partial charge in [-0.1, -0.05) is 25.9 Å². The summed E-state index contributed by atoms with van der Waals surface area (Å²) in [7, 11) is 0. The van der Waals surface area contributed by atoms with E-state index in [2.05, 4.69) is 37.0 Å². The number of pyridine rings is 1. The summed E-state index contributed by atoms with van der Waals surface area (Å²) in [6, 6.07) is 4.11. The number of aryl methyl sites for hydroxylation is 3. The summed E-state index contributed by atoms with van der Waals surface area (Å²) in [5.74, 6) is 1.28. The number of rotatable bonds is 3. The molecule has 96 valence electrons. The van der Waals surface area contributed by atoms with Crippen LogP contribution in [0.15, 0.2) is 16.7 Å². The molecule has 0 aliphatic rings. The van der Waals surface area contributed by atoms with Gasteiger partial charge in [-0.05, 0) is 38.3 Å². The van der Waals surface area contributed by atoms with Gasteiger partial charge in [0, 0.05) is 16.8 Å². The standard InChI is InChI=1S/C15H20N2O/c1-6-13-12(8-7-10(4)16-13)15-14(9(2)3)11(5)17-18-15/h7-9H,6H2,1-5H3. The van der Waals surface area contributed by atoms with E-state index < -0.39 is 0 Å². The molecular formula is C15H20N2O. The summed E-state index contributed by atoms with van der Waals surface area (Å²) in [5, 5.41) is 4.11. The minimum absolute atomic E-state index is 0.400. The molecule has 0 aliphatic carbocycles. The Labute approximate surface area is 108 Å². The van der Waals surface area contributed by atoms with Crippen LogP contribution in [0.4, 0.5) is 0 Å². The van der Waals surface area contributed by atoms with Crippen LogP contribution in [-0.4, -0.2) is 10.1 Å². The summed E-state index contributed by atoms with van der Waals surface area (Å²) in [6.45, 7) is 10.4. The van der Waals surface area contributed by atoms with Crippen molar-refractivity contribution < 1.29 is 4.52 Å². The monoisotopic (exact) mass is 244 g/mol. The van der Waals surface area contributed by atoms with Gasteiger partial charge in [0.2, 0.25) is 0 Å². The van der Waals surface area contributed by atoms with Crippen molar-refractivity contribution in [1.82, 2.24) is 10.1 Å². The lowest BCUT2D eigenvalue weighted by molar-refractivity contribution is 0.426. The summed E-state index contributed by atoms with van der Waals surface area (Å²) in [5.41, 5.74) is 5.36. The summed E-state index contributed by atoms with van der Waals surface area (Å²) in [4.78, 5) is 4.59. The first kappa shape index (κ1) is 12.8. The molecule has 0 aromatic carbocycles. The Balaban J connectivity index is 2.62. The van der Waals surface area contributed by atoms with E-state index in [1.165, 1.54) is 5.56 Å². The molecular weight excluding hydrogens is 224 g/mol. The molecule has 0 amide bonds. The zero-order valence-electron chi connectivity index (χ0n) is 11.7. The second-order valence-corrected chi connectivity index (χ2v) is 4.97. The second-order valence-electron chi connectivity index (χ2n) is 4.97. The van der Waals surface area contributed by atoms with Crippen LogP contribution < -0.4 is 0 Å². The Kier molecular flexibility index (Phi) is 3.50. The molecule has 0 radical (unpaired) electrons. The van der Waals surface area contributed by atoms with Gasteiger partial charge in [-0.3, -0.25) is 4.98 Å². The highest BCUT2D eigenvalue weighted by Gasteiger charge is 2.20. The lowest BCUT2D eigenvalue weighted by Crippen LogP contribution is -1.97. The van der Waals surface area contributed by atoms with Crippen LogP contribution in [0, 0.1) is 13.8 Å². The van der Waals surface area contributed by atoms with Gasteiger partial charge in [-0.2, -0.15) is 0 Å². The lowest BCUT2D eigenvalue weighted by Gasteiger charge is -2.09. The van der Waals surface area contributed by atoms with Crippen molar-refractivity contribution in [3.63, 3.8) is 0 Å². The first-order valence-electron chi connectivity index (χ1n) is 6.47. The Morgan fingerprint density at radius 1 is 1.22 bits per heavy atom. The van der Waals surface area contributed by atoms with E-state index in [1.807, 2.05) is 19.9 Å². The number of hydrogen-bond donors (Lipinski definition) is 0. The van der Waals surface area contributed by atoms with Crippen LogP contribution in [0.1, 0.15) is 49.3 Å². The normalized spacial score (nSPS) is 11.2. The fraction of sp³-hybridized carbons (Fsp3) is 0.467. The third kappa shape index (κ3) is 2.17. The van der Waals surface area contributed by atoms with Crippen molar-refractivity contribution in [2.75, 3.05) is 0 Å². The molecule has 2 rings (SSSR count). The number of nitrogens with zero attached hydrogens (tertiary/aromatic N) is 2. The highest BCUT2D eigenvalue weighted by Crippen LogP contribution is 2.33. The van der Waals surface area contributed by atoms with Crippen molar-refractivity contribution in [3.8, 4) is 11.3 Å². The molecule has 3 heteroatoms. The van der Waals surface area contributed by atoms with Gasteiger partial charge in [0.15, 0.2) is 5.76 Å². The van der Waals surface area contributed by atoms with Crippen molar-refractivity contribution in [1.29, 1.82) is 0 Å². The number of aromatic nitrogens is 2. The van der Waals surface area contributed by atoms with Gasteiger partial charge in [0.05, 0.1) is 11.4 Å². The molecule has 2 heterocycles. The molecule has 18 heavy (non-hydrogen) atoms. The molecule has 3 nitrogen and oxygen atoms in total. The minimum atomic E-state index is 0.400. The SMILES string of the molecule is CCc1nc(C)ccc1-c1onc(C)c1C(C)C. The zero-order valence-corrected chi connectivity index (χ0v) is 11.7. The Morgan fingerprint density at radius 2 is 1.94 bits per heavy atom. The van der Waals surface area contributed by atoms with Gasteiger partial charge in [0.25, 0.3) is 0 Å². The lowest BCUT2D eigenvalue weighted by atomic mass is 9.96. The van der Waals surface area contributed by atoms with Crippen LogP contribution in [0.5, 0.6) is 0 Å². The first-order chi connectivity index (χ1) is 8.54. The Morgan fingerprint density at radius 3 is 2.56 bits per heavy atom. The molecule has 0 aliphatic heterocycles. The predicted octanol–water partition coefficient (Wildman–Crippen LogP) is 4.04. The fourth-order valence-electron chi connectivity index (χ4n) is 2.34. The van der Waals surface area contributed by atoms with E-state index in [0.717, 1.165) is 34.8 Å². The molecule has 0 unspecified atom stereocenters. The smallest absolute Gasteiger partial charge is 0.172 e. The highest BCUT2D eigenvalue weighted by molar-refractivity contribution is 5.65. The topological polar surface area (TPSA) is 38.9 Å². The largest absolute Gasteiger partial charge is 0.356 e. The van der Waals surface area contributed by atoms with E-state index in [9.17, 15) is 0 Å². The van der Waals surface area contributed by atoms with Crippen LogP contribution in [0.2, 0.25) is 0 Å². The average Bonchev–Trinajstić information content (AvgIpc) is 2.70. The fourth-order valence-corrected chi connectivity index (χ4v) is 2.34. The molecule has 0 spiro atoms. The maximum atomic E-state index is 5.54. The van der Waals surface area contributed by atoms with Crippen molar-refractivity contribution >= 4 is 0 Å². The Bertz CT molecular complexity index is 556. The van der Waals surface area contributed by atoms with Gasteiger partial charge in [-0.25, -0.2) is 0 Å². The van der Waals surface area contributed by atoms with Gasteiger partial charge < -0.3 is 4.52 Å². The molecule has 0 fully saturated rings. The first-order valence-corrected chi connectivity index (χ1v) is 6.47. The summed E-state index contributed by atoms with van der Waals surface area (Å²) < 4.78 is 5.54. The van der Waals surface area contributed by atoms with E-state index >= 15 is 0 Å². The number of hydrogen-bond acceptors (Lipinski definition) is 3. The maximum absolute atomic E-state index is 5.54. The van der Waals surface area contributed by atoms with E-state index in [1.54, 1.807) is 0 Å². The van der Waals surface area contributed by atoms with Crippen molar-refractivity contribution in [2.24, 2.45) is 0 Å². The molecule has 0 atom stereocenters. The summed E-state index contributed by atoms with van der Waals surface area (Å²) >= 11 is 0. The third-order valence-corrected chi connectivity index (χ3v) is 3.18. The van der Waals surface area contributed by atoms with E-state index in [-0.39, 0.29) is 0 Å². The second kappa shape index (κ2) is 4.92. The predicted molar refractivity (Wildman–Crippen MR) is 72.7 cm³/mol. The molecule has 2 aromatic heterocycles. The van der Waals surface area contributed by atoms with Gasteiger partial charge >= 0.3 is 0 Å². The molecule has 0 N–H and O–H groups in total. The molecule has 2 aromatic rings. The quantitative estimate of drug-likeness (QED) is 0.818.